The lowest BCUT2D eigenvalue weighted by Crippen LogP contribution is -2.39. The highest BCUT2D eigenvalue weighted by Crippen LogP contribution is 2.22. The lowest BCUT2D eigenvalue weighted by Gasteiger charge is -2.30. The highest BCUT2D eigenvalue weighted by atomic mass is 127. The van der Waals surface area contributed by atoms with E-state index < -0.39 is 0 Å². The summed E-state index contributed by atoms with van der Waals surface area (Å²) in [6.07, 6.45) is 0. The average molecular weight is 462 g/mol. The molecular formula is C18H31IN4O2. The van der Waals surface area contributed by atoms with Gasteiger partial charge in [-0.15, -0.1) is 24.0 Å². The van der Waals surface area contributed by atoms with Gasteiger partial charge in [-0.1, -0.05) is 18.2 Å². The maximum absolute atomic E-state index is 5.45. The molecule has 0 radical (unpaired) electrons. The van der Waals surface area contributed by atoms with Crippen molar-refractivity contribution in [3.05, 3.63) is 29.8 Å². The highest BCUT2D eigenvalue weighted by molar-refractivity contribution is 14.0. The molecule has 2 rings (SSSR count). The molecule has 1 aromatic rings. The van der Waals surface area contributed by atoms with Crippen molar-refractivity contribution in [2.75, 3.05) is 57.5 Å². The van der Waals surface area contributed by atoms with Crippen LogP contribution in [0, 0.1) is 0 Å². The number of anilines is 1. The standard InChI is InChI=1S/C18H30N4O2.HI/c1-3-19-18(20-9-12-23-4-2)21-15-16-7-5-6-8-17(16)22-10-13-24-14-11-22;/h5-8H,3-4,9-15H2,1-2H3,(H2,19,20,21);1H. The van der Waals surface area contributed by atoms with Crippen LogP contribution in [0.15, 0.2) is 29.3 Å². The Morgan fingerprint density at radius 2 is 1.96 bits per heavy atom. The van der Waals surface area contributed by atoms with E-state index in [2.05, 4.69) is 46.7 Å². The van der Waals surface area contributed by atoms with E-state index in [-0.39, 0.29) is 24.0 Å². The van der Waals surface area contributed by atoms with Crippen LogP contribution in [0.3, 0.4) is 0 Å². The molecule has 6 nitrogen and oxygen atoms in total. The maximum atomic E-state index is 5.45. The van der Waals surface area contributed by atoms with Gasteiger partial charge in [-0.05, 0) is 25.5 Å². The quantitative estimate of drug-likeness (QED) is 0.269. The minimum absolute atomic E-state index is 0. The predicted octanol–water partition coefficient (Wildman–Crippen LogP) is 2.23. The fraction of sp³-hybridized carbons (Fsp3) is 0.611. The van der Waals surface area contributed by atoms with E-state index in [1.807, 2.05) is 6.92 Å². The summed E-state index contributed by atoms with van der Waals surface area (Å²) in [7, 11) is 0. The van der Waals surface area contributed by atoms with Crippen molar-refractivity contribution in [3.63, 3.8) is 0 Å². The van der Waals surface area contributed by atoms with Crippen molar-refractivity contribution in [2.24, 2.45) is 4.99 Å². The van der Waals surface area contributed by atoms with Gasteiger partial charge in [0.25, 0.3) is 0 Å². The predicted molar refractivity (Wildman–Crippen MR) is 114 cm³/mol. The second-order valence-electron chi connectivity index (χ2n) is 5.55. The molecule has 1 aliphatic rings. The van der Waals surface area contributed by atoms with E-state index >= 15 is 0 Å². The van der Waals surface area contributed by atoms with Crippen LogP contribution in [-0.2, 0) is 16.0 Å². The summed E-state index contributed by atoms with van der Waals surface area (Å²) in [6, 6.07) is 8.48. The van der Waals surface area contributed by atoms with Gasteiger partial charge < -0.3 is 25.0 Å². The molecule has 0 aliphatic carbocycles. The number of aliphatic imine (C=N–C) groups is 1. The molecular weight excluding hydrogens is 431 g/mol. The largest absolute Gasteiger partial charge is 0.380 e. The normalized spacial score (nSPS) is 14.8. The SMILES string of the molecule is CCNC(=NCc1ccccc1N1CCOCC1)NCCOCC.I. The Hall–Kier alpha value is -1.06. The third kappa shape index (κ3) is 7.79. The summed E-state index contributed by atoms with van der Waals surface area (Å²) < 4.78 is 10.8. The van der Waals surface area contributed by atoms with Crippen molar-refractivity contribution in [3.8, 4) is 0 Å². The highest BCUT2D eigenvalue weighted by Gasteiger charge is 2.14. The Morgan fingerprint density at radius 3 is 2.68 bits per heavy atom. The van der Waals surface area contributed by atoms with E-state index in [4.69, 9.17) is 14.5 Å². The second-order valence-corrected chi connectivity index (χ2v) is 5.55. The van der Waals surface area contributed by atoms with Gasteiger partial charge in [0.2, 0.25) is 0 Å². The first-order valence-electron chi connectivity index (χ1n) is 8.85. The maximum Gasteiger partial charge on any atom is 0.191 e. The van der Waals surface area contributed by atoms with Gasteiger partial charge >= 0.3 is 0 Å². The van der Waals surface area contributed by atoms with Crippen molar-refractivity contribution < 1.29 is 9.47 Å². The van der Waals surface area contributed by atoms with Crippen molar-refractivity contribution >= 4 is 35.6 Å². The van der Waals surface area contributed by atoms with Crippen LogP contribution in [0.5, 0.6) is 0 Å². The van der Waals surface area contributed by atoms with Crippen LogP contribution in [0.25, 0.3) is 0 Å². The first-order valence-corrected chi connectivity index (χ1v) is 8.85. The second kappa shape index (κ2) is 13.2. The molecule has 0 saturated carbocycles. The average Bonchev–Trinajstić information content (AvgIpc) is 2.64. The number of ether oxygens (including phenoxy) is 2. The molecule has 1 fully saturated rings. The Bertz CT molecular complexity index is 508. The number of nitrogens with one attached hydrogen (secondary N) is 2. The third-order valence-corrected chi connectivity index (χ3v) is 3.84. The van der Waals surface area contributed by atoms with Gasteiger partial charge in [0.1, 0.15) is 0 Å². The van der Waals surface area contributed by atoms with Gasteiger partial charge in [0, 0.05) is 38.5 Å². The number of rotatable bonds is 8. The van der Waals surface area contributed by atoms with E-state index in [0.29, 0.717) is 13.2 Å². The molecule has 1 aliphatic heterocycles. The molecule has 0 bridgehead atoms. The zero-order chi connectivity index (χ0) is 17.0. The molecule has 0 unspecified atom stereocenters. The number of hydrogen-bond donors (Lipinski definition) is 2. The number of benzene rings is 1. The van der Waals surface area contributed by atoms with E-state index in [9.17, 15) is 0 Å². The lowest BCUT2D eigenvalue weighted by atomic mass is 10.1. The Balaban J connectivity index is 0.00000312. The third-order valence-electron chi connectivity index (χ3n) is 3.84. The molecule has 0 atom stereocenters. The monoisotopic (exact) mass is 462 g/mol. The molecule has 0 spiro atoms. The molecule has 25 heavy (non-hydrogen) atoms. The smallest absolute Gasteiger partial charge is 0.191 e. The number of morpholine rings is 1. The van der Waals surface area contributed by atoms with Crippen molar-refractivity contribution in [1.82, 2.24) is 10.6 Å². The van der Waals surface area contributed by atoms with Crippen LogP contribution in [0.2, 0.25) is 0 Å². The fourth-order valence-corrected chi connectivity index (χ4v) is 2.65. The topological polar surface area (TPSA) is 58.1 Å². The van der Waals surface area contributed by atoms with E-state index in [0.717, 1.165) is 52.0 Å². The zero-order valence-electron chi connectivity index (χ0n) is 15.3. The summed E-state index contributed by atoms with van der Waals surface area (Å²) >= 11 is 0. The lowest BCUT2D eigenvalue weighted by molar-refractivity contribution is 0.122. The molecule has 7 heteroatoms. The van der Waals surface area contributed by atoms with Gasteiger partial charge in [-0.3, -0.25) is 0 Å². The minimum Gasteiger partial charge on any atom is -0.380 e. The Kier molecular flexibility index (Phi) is 11.6. The summed E-state index contributed by atoms with van der Waals surface area (Å²) in [5.74, 6) is 0.828. The fourth-order valence-electron chi connectivity index (χ4n) is 2.65. The Labute approximate surface area is 168 Å². The van der Waals surface area contributed by atoms with Crippen LogP contribution >= 0.6 is 24.0 Å². The van der Waals surface area contributed by atoms with Crippen LogP contribution in [-0.4, -0.2) is 58.6 Å². The minimum atomic E-state index is 0. The zero-order valence-corrected chi connectivity index (χ0v) is 17.6. The Morgan fingerprint density at radius 1 is 1.20 bits per heavy atom. The summed E-state index contributed by atoms with van der Waals surface area (Å²) in [4.78, 5) is 7.10. The summed E-state index contributed by atoms with van der Waals surface area (Å²) in [5, 5.41) is 6.58. The van der Waals surface area contributed by atoms with Crippen LogP contribution < -0.4 is 15.5 Å². The molecule has 142 valence electrons. The number of hydrogen-bond acceptors (Lipinski definition) is 4. The van der Waals surface area contributed by atoms with Crippen molar-refractivity contribution in [1.29, 1.82) is 0 Å². The number of para-hydroxylation sites is 1. The molecule has 1 saturated heterocycles. The summed E-state index contributed by atoms with van der Waals surface area (Å²) in [6.45, 7) is 11.2. The number of nitrogens with zero attached hydrogens (tertiary/aromatic N) is 2. The first kappa shape index (κ1) is 22.0. The van der Waals surface area contributed by atoms with Gasteiger partial charge in [-0.25, -0.2) is 4.99 Å². The molecule has 1 heterocycles. The summed E-state index contributed by atoms with van der Waals surface area (Å²) in [5.41, 5.74) is 2.50. The molecule has 2 N–H and O–H groups in total. The number of halogens is 1. The van der Waals surface area contributed by atoms with Crippen LogP contribution in [0.1, 0.15) is 19.4 Å². The number of guanidine groups is 1. The van der Waals surface area contributed by atoms with E-state index in [1.54, 1.807) is 0 Å². The van der Waals surface area contributed by atoms with Gasteiger partial charge in [-0.2, -0.15) is 0 Å². The van der Waals surface area contributed by atoms with Gasteiger partial charge in [0.05, 0.1) is 26.4 Å². The van der Waals surface area contributed by atoms with Gasteiger partial charge in [0.15, 0.2) is 5.96 Å². The van der Waals surface area contributed by atoms with E-state index in [1.165, 1.54) is 11.3 Å². The first-order chi connectivity index (χ1) is 11.8. The molecule has 1 aromatic carbocycles. The van der Waals surface area contributed by atoms with Crippen molar-refractivity contribution in [2.45, 2.75) is 20.4 Å². The molecule has 0 aromatic heterocycles. The molecule has 0 amide bonds. The van der Waals surface area contributed by atoms with Crippen LogP contribution in [0.4, 0.5) is 5.69 Å².